The highest BCUT2D eigenvalue weighted by atomic mass is 16.5. The summed E-state index contributed by atoms with van der Waals surface area (Å²) in [6.45, 7) is 1.86. The average Bonchev–Trinajstić information content (AvgIpc) is 3.25. The lowest BCUT2D eigenvalue weighted by Crippen LogP contribution is -2.17. The Hall–Kier alpha value is -3.97. The molecule has 1 N–H and O–H groups in total. The molecule has 0 fully saturated rings. The number of anilines is 2. The second-order valence-corrected chi connectivity index (χ2v) is 8.21. The zero-order valence-corrected chi connectivity index (χ0v) is 19.0. The third-order valence-corrected chi connectivity index (χ3v) is 5.60. The summed E-state index contributed by atoms with van der Waals surface area (Å²) in [6.07, 6.45) is 1.90. The first kappa shape index (κ1) is 20.9. The number of likely N-dealkylation sites (N-methyl/N-ethyl adjacent to an activating group) is 1. The molecule has 0 amide bonds. The molecule has 0 atom stereocenters. The van der Waals surface area contributed by atoms with Gasteiger partial charge in [-0.1, -0.05) is 24.3 Å². The fraction of sp³-hybridized carbons (Fsp3) is 0.192. The van der Waals surface area contributed by atoms with Crippen molar-refractivity contribution in [2.24, 2.45) is 0 Å². The first-order valence-corrected chi connectivity index (χ1v) is 10.9. The maximum Gasteiger partial charge on any atom is 0.162 e. The first-order chi connectivity index (χ1) is 16.1. The van der Waals surface area contributed by atoms with Crippen molar-refractivity contribution in [1.29, 1.82) is 0 Å². The molecule has 0 bridgehead atoms. The molecule has 0 aliphatic carbocycles. The SMILES string of the molecule is COc1cccc(-c2nc(Nc3ccc4c(c3)ncn4CCN(C)C)c3ccccc3n2)c1. The quantitative estimate of drug-likeness (QED) is 0.387. The summed E-state index contributed by atoms with van der Waals surface area (Å²) in [5.74, 6) is 2.17. The molecule has 0 unspecified atom stereocenters. The van der Waals surface area contributed by atoms with Gasteiger partial charge in [0, 0.05) is 29.7 Å². The van der Waals surface area contributed by atoms with Gasteiger partial charge < -0.3 is 19.5 Å². The van der Waals surface area contributed by atoms with Crippen LogP contribution >= 0.6 is 0 Å². The van der Waals surface area contributed by atoms with E-state index in [2.05, 4.69) is 52.1 Å². The van der Waals surface area contributed by atoms with Gasteiger partial charge in [0.1, 0.15) is 11.6 Å². The Kier molecular flexibility index (Phi) is 5.62. The number of rotatable bonds is 7. The van der Waals surface area contributed by atoms with Crippen molar-refractivity contribution in [3.8, 4) is 17.1 Å². The van der Waals surface area contributed by atoms with E-state index in [-0.39, 0.29) is 0 Å². The Morgan fingerprint density at radius 3 is 2.67 bits per heavy atom. The number of benzene rings is 3. The van der Waals surface area contributed by atoms with E-state index in [1.807, 2.05) is 54.9 Å². The zero-order valence-electron chi connectivity index (χ0n) is 19.0. The van der Waals surface area contributed by atoms with Crippen molar-refractivity contribution in [3.05, 3.63) is 73.1 Å². The van der Waals surface area contributed by atoms with Crippen LogP contribution in [0.2, 0.25) is 0 Å². The summed E-state index contributed by atoms with van der Waals surface area (Å²) in [7, 11) is 5.81. The molecule has 0 radical (unpaired) electrons. The topological polar surface area (TPSA) is 68.1 Å². The van der Waals surface area contributed by atoms with Crippen molar-refractivity contribution in [1.82, 2.24) is 24.4 Å². The van der Waals surface area contributed by atoms with Gasteiger partial charge in [-0.15, -0.1) is 0 Å². The molecule has 5 rings (SSSR count). The van der Waals surface area contributed by atoms with E-state index in [0.29, 0.717) is 5.82 Å². The van der Waals surface area contributed by atoms with Gasteiger partial charge >= 0.3 is 0 Å². The van der Waals surface area contributed by atoms with E-state index < -0.39 is 0 Å². The van der Waals surface area contributed by atoms with Gasteiger partial charge in [-0.2, -0.15) is 0 Å². The number of nitrogens with one attached hydrogen (secondary N) is 1. The molecule has 0 spiro atoms. The lowest BCUT2D eigenvalue weighted by atomic mass is 10.1. The lowest BCUT2D eigenvalue weighted by Gasteiger charge is -2.12. The van der Waals surface area contributed by atoms with Gasteiger partial charge in [-0.25, -0.2) is 15.0 Å². The number of hydrogen-bond donors (Lipinski definition) is 1. The van der Waals surface area contributed by atoms with Crippen molar-refractivity contribution >= 4 is 33.4 Å². The number of hydrogen-bond acceptors (Lipinski definition) is 6. The average molecular weight is 439 g/mol. The van der Waals surface area contributed by atoms with Crippen molar-refractivity contribution < 1.29 is 4.74 Å². The van der Waals surface area contributed by atoms with Crippen LogP contribution in [0.4, 0.5) is 11.5 Å². The third-order valence-electron chi connectivity index (χ3n) is 5.60. The molecule has 0 saturated heterocycles. The van der Waals surface area contributed by atoms with E-state index in [1.165, 1.54) is 0 Å². The van der Waals surface area contributed by atoms with Crippen LogP contribution in [-0.4, -0.2) is 52.2 Å². The molecule has 5 aromatic rings. The highest BCUT2D eigenvalue weighted by molar-refractivity contribution is 5.93. The summed E-state index contributed by atoms with van der Waals surface area (Å²) >= 11 is 0. The number of imidazole rings is 1. The molecule has 166 valence electrons. The first-order valence-electron chi connectivity index (χ1n) is 10.9. The van der Waals surface area contributed by atoms with Gasteiger partial charge in [-0.05, 0) is 56.6 Å². The monoisotopic (exact) mass is 438 g/mol. The Balaban J connectivity index is 1.52. The molecule has 33 heavy (non-hydrogen) atoms. The predicted molar refractivity (Wildman–Crippen MR) is 133 cm³/mol. The summed E-state index contributed by atoms with van der Waals surface area (Å²) in [5, 5.41) is 4.46. The van der Waals surface area contributed by atoms with Crippen molar-refractivity contribution in [3.63, 3.8) is 0 Å². The number of nitrogens with zero attached hydrogens (tertiary/aromatic N) is 5. The predicted octanol–water partition coefficient (Wildman–Crippen LogP) is 4.96. The Morgan fingerprint density at radius 1 is 0.939 bits per heavy atom. The number of methoxy groups -OCH3 is 1. The highest BCUT2D eigenvalue weighted by Crippen LogP contribution is 2.29. The van der Waals surface area contributed by atoms with Crippen LogP contribution in [-0.2, 0) is 6.54 Å². The Labute approximate surface area is 192 Å². The van der Waals surface area contributed by atoms with Crippen LogP contribution in [0, 0.1) is 0 Å². The highest BCUT2D eigenvalue weighted by Gasteiger charge is 2.11. The van der Waals surface area contributed by atoms with Crippen LogP contribution in [0.1, 0.15) is 0 Å². The maximum absolute atomic E-state index is 5.38. The third kappa shape index (κ3) is 4.36. The molecule has 0 aliphatic heterocycles. The summed E-state index contributed by atoms with van der Waals surface area (Å²) in [4.78, 5) is 16.4. The van der Waals surface area contributed by atoms with E-state index in [0.717, 1.165) is 57.8 Å². The Bertz CT molecular complexity index is 1430. The van der Waals surface area contributed by atoms with Gasteiger partial charge in [-0.3, -0.25) is 0 Å². The van der Waals surface area contributed by atoms with E-state index in [4.69, 9.17) is 14.7 Å². The number of fused-ring (bicyclic) bond motifs is 2. The number of para-hydroxylation sites is 1. The van der Waals surface area contributed by atoms with Gasteiger partial charge in [0.15, 0.2) is 5.82 Å². The minimum absolute atomic E-state index is 0.643. The standard InChI is InChI=1S/C26H26N6O/c1-31(2)13-14-32-17-27-23-16-19(11-12-24(23)32)28-26-21-9-4-5-10-22(21)29-25(30-26)18-7-6-8-20(15-18)33-3/h4-12,15-17H,13-14H2,1-3H3,(H,28,29,30). The van der Waals surface area contributed by atoms with Crippen molar-refractivity contribution in [2.45, 2.75) is 6.54 Å². The molecule has 7 heteroatoms. The Morgan fingerprint density at radius 2 is 1.82 bits per heavy atom. The summed E-state index contributed by atoms with van der Waals surface area (Å²) < 4.78 is 7.56. The van der Waals surface area contributed by atoms with Gasteiger partial charge in [0.05, 0.1) is 30.0 Å². The summed E-state index contributed by atoms with van der Waals surface area (Å²) in [5.41, 5.74) is 4.78. The van der Waals surface area contributed by atoms with Crippen LogP contribution in [0.5, 0.6) is 5.75 Å². The fourth-order valence-corrected chi connectivity index (χ4v) is 3.83. The summed E-state index contributed by atoms with van der Waals surface area (Å²) in [6, 6.07) is 22.0. The smallest absolute Gasteiger partial charge is 0.162 e. The molecule has 7 nitrogen and oxygen atoms in total. The second-order valence-electron chi connectivity index (χ2n) is 8.21. The van der Waals surface area contributed by atoms with Gasteiger partial charge in [0.2, 0.25) is 0 Å². The molecule has 2 aromatic heterocycles. The van der Waals surface area contributed by atoms with Crippen molar-refractivity contribution in [2.75, 3.05) is 33.1 Å². The van der Waals surface area contributed by atoms with Crippen LogP contribution in [0.3, 0.4) is 0 Å². The van der Waals surface area contributed by atoms with E-state index in [1.54, 1.807) is 7.11 Å². The van der Waals surface area contributed by atoms with E-state index >= 15 is 0 Å². The minimum Gasteiger partial charge on any atom is -0.497 e. The van der Waals surface area contributed by atoms with Crippen LogP contribution in [0.15, 0.2) is 73.1 Å². The normalized spacial score (nSPS) is 11.4. The lowest BCUT2D eigenvalue weighted by molar-refractivity contribution is 0.386. The van der Waals surface area contributed by atoms with Gasteiger partial charge in [0.25, 0.3) is 0 Å². The second kappa shape index (κ2) is 8.88. The molecule has 0 saturated carbocycles. The maximum atomic E-state index is 5.38. The zero-order chi connectivity index (χ0) is 22.8. The molecule has 2 heterocycles. The molecular weight excluding hydrogens is 412 g/mol. The minimum atomic E-state index is 0.643. The largest absolute Gasteiger partial charge is 0.497 e. The molecule has 0 aliphatic rings. The fourth-order valence-electron chi connectivity index (χ4n) is 3.83. The number of aromatic nitrogens is 4. The molecular formula is C26H26N6O. The van der Waals surface area contributed by atoms with Crippen LogP contribution in [0.25, 0.3) is 33.3 Å². The molecule has 3 aromatic carbocycles. The van der Waals surface area contributed by atoms with Crippen LogP contribution < -0.4 is 10.1 Å². The number of ether oxygens (including phenoxy) is 1. The van der Waals surface area contributed by atoms with E-state index in [9.17, 15) is 0 Å².